The number of pyridine rings is 1. The molecule has 0 bridgehead atoms. The molecule has 2 atom stereocenters. The molecule has 0 saturated carbocycles. The van der Waals surface area contributed by atoms with Crippen molar-refractivity contribution < 1.29 is 20.1 Å². The van der Waals surface area contributed by atoms with Crippen LogP contribution in [0.3, 0.4) is 0 Å². The largest absolute Gasteiger partial charge is 0.477 e. The van der Waals surface area contributed by atoms with E-state index in [2.05, 4.69) is 20.9 Å². The number of rotatable bonds is 4. The lowest BCUT2D eigenvalue weighted by molar-refractivity contribution is 0.0341. The summed E-state index contributed by atoms with van der Waals surface area (Å²) in [5, 5.41) is 27.8. The van der Waals surface area contributed by atoms with Crippen molar-refractivity contribution in [3.05, 3.63) is 29.6 Å². The van der Waals surface area contributed by atoms with E-state index in [1.165, 1.54) is 18.3 Å². The molecule has 1 heterocycles. The van der Waals surface area contributed by atoms with Gasteiger partial charge in [-0.25, -0.2) is 9.78 Å². The van der Waals surface area contributed by atoms with Crippen molar-refractivity contribution in [1.82, 2.24) is 4.98 Å². The third-order valence-electron chi connectivity index (χ3n) is 1.87. The molecule has 6 heteroatoms. The summed E-state index contributed by atoms with van der Waals surface area (Å²) in [4.78, 5) is 14.2. The van der Waals surface area contributed by atoms with Gasteiger partial charge in [-0.05, 0) is 17.7 Å². The molecule has 1 rings (SSSR count). The molecule has 2 unspecified atom stereocenters. The zero-order chi connectivity index (χ0) is 11.4. The Morgan fingerprint density at radius 1 is 1.53 bits per heavy atom. The molecule has 0 spiro atoms. The molecule has 15 heavy (non-hydrogen) atoms. The molecular formula is C9H10BrNO4. The number of nitrogens with zero attached hydrogens (tertiary/aromatic N) is 1. The standard InChI is InChI=1S/C9H10BrNO4/c10-4-7(12)8(13)5-1-2-11-6(3-5)9(14)15/h1-3,7-8,12-13H,4H2,(H,14,15). The second kappa shape index (κ2) is 5.20. The monoisotopic (exact) mass is 275 g/mol. The van der Waals surface area contributed by atoms with E-state index in [1.54, 1.807) is 0 Å². The normalized spacial score (nSPS) is 14.6. The Morgan fingerprint density at radius 3 is 2.73 bits per heavy atom. The summed E-state index contributed by atoms with van der Waals surface area (Å²) < 4.78 is 0. The first-order chi connectivity index (χ1) is 7.06. The third kappa shape index (κ3) is 2.98. The van der Waals surface area contributed by atoms with Gasteiger partial charge in [0.15, 0.2) is 0 Å². The Balaban J connectivity index is 2.94. The zero-order valence-electron chi connectivity index (χ0n) is 7.67. The number of aromatic nitrogens is 1. The SMILES string of the molecule is O=C(O)c1cc(C(O)C(O)CBr)ccn1. The minimum Gasteiger partial charge on any atom is -0.477 e. The van der Waals surface area contributed by atoms with E-state index in [4.69, 9.17) is 5.11 Å². The average Bonchev–Trinajstić information content (AvgIpc) is 2.27. The summed E-state index contributed by atoms with van der Waals surface area (Å²) in [7, 11) is 0. The van der Waals surface area contributed by atoms with Gasteiger partial charge in [0.25, 0.3) is 0 Å². The summed E-state index contributed by atoms with van der Waals surface area (Å²) in [6, 6.07) is 2.70. The van der Waals surface area contributed by atoms with Crippen molar-refractivity contribution >= 4 is 21.9 Å². The molecule has 0 fully saturated rings. The molecule has 5 nitrogen and oxygen atoms in total. The van der Waals surface area contributed by atoms with Crippen LogP contribution in [-0.2, 0) is 0 Å². The summed E-state index contributed by atoms with van der Waals surface area (Å²) in [5.74, 6) is -1.17. The quantitative estimate of drug-likeness (QED) is 0.699. The van der Waals surface area contributed by atoms with Crippen LogP contribution in [0.25, 0.3) is 0 Å². The number of halogens is 1. The first-order valence-electron chi connectivity index (χ1n) is 4.17. The molecule has 0 radical (unpaired) electrons. The van der Waals surface area contributed by atoms with Crippen LogP contribution >= 0.6 is 15.9 Å². The highest BCUT2D eigenvalue weighted by Crippen LogP contribution is 2.18. The molecule has 82 valence electrons. The Kier molecular flexibility index (Phi) is 4.19. The molecule has 0 aliphatic rings. The van der Waals surface area contributed by atoms with Gasteiger partial charge in [0.1, 0.15) is 11.8 Å². The van der Waals surface area contributed by atoms with Crippen LogP contribution in [0.1, 0.15) is 22.2 Å². The van der Waals surface area contributed by atoms with Crippen molar-refractivity contribution in [1.29, 1.82) is 0 Å². The molecule has 1 aromatic heterocycles. The van der Waals surface area contributed by atoms with Crippen molar-refractivity contribution in [3.8, 4) is 0 Å². The van der Waals surface area contributed by atoms with E-state index < -0.39 is 18.2 Å². The fraction of sp³-hybridized carbons (Fsp3) is 0.333. The molecule has 3 N–H and O–H groups in total. The van der Waals surface area contributed by atoms with Gasteiger partial charge in [-0.15, -0.1) is 0 Å². The number of alkyl halides is 1. The van der Waals surface area contributed by atoms with Crippen LogP contribution in [0.5, 0.6) is 0 Å². The lowest BCUT2D eigenvalue weighted by Crippen LogP contribution is -2.20. The summed E-state index contributed by atoms with van der Waals surface area (Å²) in [6.07, 6.45) is -0.817. The highest BCUT2D eigenvalue weighted by Gasteiger charge is 2.18. The number of aromatic carboxylic acids is 1. The fourth-order valence-corrected chi connectivity index (χ4v) is 1.41. The number of carboxylic acids is 1. The molecule has 0 saturated heterocycles. The van der Waals surface area contributed by atoms with Crippen LogP contribution in [0.15, 0.2) is 18.3 Å². The van der Waals surface area contributed by atoms with Crippen LogP contribution < -0.4 is 0 Å². The van der Waals surface area contributed by atoms with Crippen LogP contribution in [-0.4, -0.2) is 37.7 Å². The van der Waals surface area contributed by atoms with Gasteiger partial charge in [0, 0.05) is 11.5 Å². The van der Waals surface area contributed by atoms with Gasteiger partial charge in [-0.2, -0.15) is 0 Å². The second-order valence-corrected chi connectivity index (χ2v) is 3.59. The van der Waals surface area contributed by atoms with Gasteiger partial charge in [0.2, 0.25) is 0 Å². The number of hydrogen-bond donors (Lipinski definition) is 3. The van der Waals surface area contributed by atoms with Gasteiger partial charge >= 0.3 is 5.97 Å². The lowest BCUT2D eigenvalue weighted by atomic mass is 10.1. The number of carbonyl (C=O) groups is 1. The Bertz CT molecular complexity index is 358. The van der Waals surface area contributed by atoms with Crippen LogP contribution in [0, 0.1) is 0 Å². The molecule has 0 amide bonds. The number of carboxylic acid groups (broad SMARTS) is 1. The highest BCUT2D eigenvalue weighted by molar-refractivity contribution is 9.09. The van der Waals surface area contributed by atoms with Gasteiger partial charge in [-0.3, -0.25) is 0 Å². The van der Waals surface area contributed by atoms with Crippen molar-refractivity contribution in [2.75, 3.05) is 5.33 Å². The van der Waals surface area contributed by atoms with E-state index in [9.17, 15) is 15.0 Å². The zero-order valence-corrected chi connectivity index (χ0v) is 9.25. The van der Waals surface area contributed by atoms with E-state index in [0.717, 1.165) is 0 Å². The average molecular weight is 276 g/mol. The third-order valence-corrected chi connectivity index (χ3v) is 2.53. The van der Waals surface area contributed by atoms with Gasteiger partial charge in [0.05, 0.1) is 6.10 Å². The maximum Gasteiger partial charge on any atom is 0.354 e. The number of aliphatic hydroxyl groups is 2. The summed E-state index contributed by atoms with van der Waals surface area (Å²) in [5.41, 5.74) is 0.169. The fourth-order valence-electron chi connectivity index (χ4n) is 1.05. The van der Waals surface area contributed by atoms with E-state index in [0.29, 0.717) is 5.56 Å². The second-order valence-electron chi connectivity index (χ2n) is 2.95. The maximum atomic E-state index is 10.6. The first kappa shape index (κ1) is 12.1. The van der Waals surface area contributed by atoms with E-state index >= 15 is 0 Å². The predicted molar refractivity (Wildman–Crippen MR) is 56.0 cm³/mol. The molecule has 0 aliphatic carbocycles. The molecule has 1 aromatic rings. The first-order valence-corrected chi connectivity index (χ1v) is 5.29. The van der Waals surface area contributed by atoms with Crippen LogP contribution in [0.2, 0.25) is 0 Å². The van der Waals surface area contributed by atoms with Gasteiger partial charge in [-0.1, -0.05) is 15.9 Å². The summed E-state index contributed by atoms with van der Waals surface area (Å²) >= 11 is 3.02. The van der Waals surface area contributed by atoms with Gasteiger partial charge < -0.3 is 15.3 Å². The smallest absolute Gasteiger partial charge is 0.354 e. The maximum absolute atomic E-state index is 10.6. The molecular weight excluding hydrogens is 266 g/mol. The van der Waals surface area contributed by atoms with E-state index in [-0.39, 0.29) is 11.0 Å². The Labute approximate surface area is 94.5 Å². The van der Waals surface area contributed by atoms with E-state index in [1.807, 2.05) is 0 Å². The number of aliphatic hydroxyl groups excluding tert-OH is 2. The highest BCUT2D eigenvalue weighted by atomic mass is 79.9. The molecule has 0 aliphatic heterocycles. The van der Waals surface area contributed by atoms with Crippen LogP contribution in [0.4, 0.5) is 0 Å². The summed E-state index contributed by atoms with van der Waals surface area (Å²) in [6.45, 7) is 0. The minimum absolute atomic E-state index is 0.159. The Hall–Kier alpha value is -0.980. The van der Waals surface area contributed by atoms with Crippen molar-refractivity contribution in [2.45, 2.75) is 12.2 Å². The predicted octanol–water partition coefficient (Wildman–Crippen LogP) is 0.569. The Morgan fingerprint density at radius 2 is 2.20 bits per heavy atom. The number of hydrogen-bond acceptors (Lipinski definition) is 4. The van der Waals surface area contributed by atoms with Crippen molar-refractivity contribution in [2.24, 2.45) is 0 Å². The minimum atomic E-state index is -1.17. The lowest BCUT2D eigenvalue weighted by Gasteiger charge is -2.15. The topological polar surface area (TPSA) is 90.7 Å². The molecule has 0 aromatic carbocycles. The van der Waals surface area contributed by atoms with Crippen molar-refractivity contribution in [3.63, 3.8) is 0 Å².